The summed E-state index contributed by atoms with van der Waals surface area (Å²) in [7, 11) is 2.38. The van der Waals surface area contributed by atoms with Gasteiger partial charge in [-0.05, 0) is 6.92 Å². The van der Waals surface area contributed by atoms with Gasteiger partial charge >= 0.3 is 12.3 Å². The van der Waals surface area contributed by atoms with Crippen LogP contribution in [0, 0.1) is 0 Å². The molecule has 0 bridgehead atoms. The number of carbonyl (C=O) groups is 2. The zero-order valence-electron chi connectivity index (χ0n) is 8.24. The predicted molar refractivity (Wildman–Crippen MR) is 43.5 cm³/mol. The lowest BCUT2D eigenvalue weighted by Crippen LogP contribution is -2.02. The maximum atomic E-state index is 10.9. The molecule has 0 unspecified atom stereocenters. The van der Waals surface area contributed by atoms with Gasteiger partial charge in [-0.3, -0.25) is 0 Å². The van der Waals surface area contributed by atoms with Crippen molar-refractivity contribution in [1.29, 1.82) is 0 Å². The van der Waals surface area contributed by atoms with Gasteiger partial charge in [-0.25, -0.2) is 14.0 Å². The summed E-state index contributed by atoms with van der Waals surface area (Å²) in [6.07, 6.45) is -1.62. The summed E-state index contributed by atoms with van der Waals surface area (Å²) >= 11 is 0. The predicted octanol–water partition coefficient (Wildman–Crippen LogP) is 1.49. The van der Waals surface area contributed by atoms with Gasteiger partial charge in [-0.2, -0.15) is 0 Å². The Morgan fingerprint density at radius 1 is 1.07 bits per heavy atom. The van der Waals surface area contributed by atoms with Crippen molar-refractivity contribution in [2.45, 2.75) is 6.92 Å². The lowest BCUT2D eigenvalue weighted by molar-refractivity contribution is 0.0402. The van der Waals surface area contributed by atoms with Crippen LogP contribution in [0.25, 0.3) is 0 Å². The molecule has 84 valence electrons. The van der Waals surface area contributed by atoms with E-state index in [-0.39, 0.29) is 0 Å². The molecule has 0 N–H and O–H groups in total. The Morgan fingerprint density at radius 2 is 1.50 bits per heavy atom. The van der Waals surface area contributed by atoms with Crippen LogP contribution in [0.1, 0.15) is 6.92 Å². The van der Waals surface area contributed by atoms with Gasteiger partial charge in [0.05, 0.1) is 20.8 Å². The topological polar surface area (TPSA) is 71.1 Å². The standard InChI is InChI=1S/C4H8O3.C3H5FO3/c1-3-7-4(5)6-2;1-6-3(5)7-2-4/h3H2,1-2H3;2H2,1H3. The molecule has 0 radical (unpaired) electrons. The van der Waals surface area contributed by atoms with Crippen LogP contribution >= 0.6 is 0 Å². The van der Waals surface area contributed by atoms with E-state index in [2.05, 4.69) is 18.9 Å². The van der Waals surface area contributed by atoms with Gasteiger partial charge < -0.3 is 18.9 Å². The van der Waals surface area contributed by atoms with E-state index in [1.807, 2.05) is 0 Å². The molecular formula is C7H13FO6. The molecule has 0 saturated heterocycles. The molecule has 0 aromatic heterocycles. The van der Waals surface area contributed by atoms with Crippen molar-refractivity contribution < 1.29 is 32.9 Å². The van der Waals surface area contributed by atoms with E-state index in [1.165, 1.54) is 7.11 Å². The Bertz CT molecular complexity index is 142. The van der Waals surface area contributed by atoms with Crippen molar-refractivity contribution in [3.63, 3.8) is 0 Å². The second kappa shape index (κ2) is 11.5. The van der Waals surface area contributed by atoms with E-state index < -0.39 is 19.2 Å². The molecule has 0 fully saturated rings. The molecule has 0 aliphatic heterocycles. The largest absolute Gasteiger partial charge is 0.510 e. The van der Waals surface area contributed by atoms with E-state index in [9.17, 15) is 14.0 Å². The molecule has 0 heterocycles. The van der Waals surface area contributed by atoms with Crippen molar-refractivity contribution in [1.82, 2.24) is 0 Å². The van der Waals surface area contributed by atoms with Crippen molar-refractivity contribution in [3.05, 3.63) is 0 Å². The zero-order valence-corrected chi connectivity index (χ0v) is 8.24. The van der Waals surface area contributed by atoms with Crippen LogP contribution in [0.15, 0.2) is 0 Å². The first-order valence-electron chi connectivity index (χ1n) is 3.59. The molecule has 0 rings (SSSR count). The Kier molecular flexibility index (Phi) is 12.3. The van der Waals surface area contributed by atoms with Crippen molar-refractivity contribution in [3.8, 4) is 0 Å². The highest BCUT2D eigenvalue weighted by Crippen LogP contribution is 1.79. The fourth-order valence-electron chi connectivity index (χ4n) is 0.280. The normalized spacial score (nSPS) is 7.71. The smallest absolute Gasteiger partial charge is 0.438 e. The minimum Gasteiger partial charge on any atom is -0.438 e. The molecule has 0 aromatic rings. The van der Waals surface area contributed by atoms with Crippen molar-refractivity contribution >= 4 is 12.3 Å². The Hall–Kier alpha value is -1.53. The van der Waals surface area contributed by atoms with E-state index in [0.717, 1.165) is 7.11 Å². The lowest BCUT2D eigenvalue weighted by atomic mass is 10.9. The molecule has 14 heavy (non-hydrogen) atoms. The van der Waals surface area contributed by atoms with Gasteiger partial charge in [0.1, 0.15) is 0 Å². The van der Waals surface area contributed by atoms with Gasteiger partial charge in [-0.1, -0.05) is 0 Å². The first-order valence-corrected chi connectivity index (χ1v) is 3.59. The summed E-state index contributed by atoms with van der Waals surface area (Å²) in [5.74, 6) is 0. The van der Waals surface area contributed by atoms with Gasteiger partial charge in [0.25, 0.3) is 0 Å². The molecular weight excluding hydrogens is 199 g/mol. The summed E-state index contributed by atoms with van der Waals surface area (Å²) in [5.41, 5.74) is 0. The fourth-order valence-corrected chi connectivity index (χ4v) is 0.280. The Balaban J connectivity index is 0. The molecule has 0 atom stereocenters. The van der Waals surface area contributed by atoms with E-state index >= 15 is 0 Å². The number of halogens is 1. The van der Waals surface area contributed by atoms with Crippen LogP contribution in [-0.4, -0.2) is 40.0 Å². The number of alkyl halides is 1. The quantitative estimate of drug-likeness (QED) is 0.645. The fraction of sp³-hybridized carbons (Fsp3) is 0.714. The Labute approximate surface area is 80.9 Å². The van der Waals surface area contributed by atoms with Crippen molar-refractivity contribution in [2.24, 2.45) is 0 Å². The second-order valence-electron chi connectivity index (χ2n) is 1.59. The summed E-state index contributed by atoms with van der Waals surface area (Å²) < 4.78 is 26.9. The van der Waals surface area contributed by atoms with Gasteiger partial charge in [0, 0.05) is 0 Å². The average Bonchev–Trinajstić information content (AvgIpc) is 2.19. The van der Waals surface area contributed by atoms with Gasteiger partial charge in [0.2, 0.25) is 6.86 Å². The molecule has 0 aromatic carbocycles. The maximum absolute atomic E-state index is 10.9. The van der Waals surface area contributed by atoms with E-state index in [0.29, 0.717) is 6.61 Å². The first-order chi connectivity index (χ1) is 6.62. The number of carbonyl (C=O) groups excluding carboxylic acids is 2. The highest BCUT2D eigenvalue weighted by Gasteiger charge is 1.94. The zero-order chi connectivity index (χ0) is 11.4. The van der Waals surface area contributed by atoms with Crippen LogP contribution < -0.4 is 0 Å². The second-order valence-corrected chi connectivity index (χ2v) is 1.59. The third-order valence-corrected chi connectivity index (χ3v) is 0.768. The summed E-state index contributed by atoms with van der Waals surface area (Å²) in [6.45, 7) is 0.955. The number of hydrogen-bond donors (Lipinski definition) is 0. The highest BCUT2D eigenvalue weighted by atomic mass is 19.1. The molecule has 0 aliphatic rings. The summed E-state index contributed by atoms with van der Waals surface area (Å²) in [6, 6.07) is 0. The SMILES string of the molecule is CCOC(=O)OC.COC(=O)OCF. The number of ether oxygens (including phenoxy) is 4. The average molecular weight is 212 g/mol. The molecule has 0 saturated carbocycles. The number of methoxy groups -OCH3 is 2. The minimum absolute atomic E-state index is 0.368. The van der Waals surface area contributed by atoms with Crippen molar-refractivity contribution in [2.75, 3.05) is 27.7 Å². The third-order valence-electron chi connectivity index (χ3n) is 0.768. The van der Waals surface area contributed by atoms with Crippen LogP contribution in [-0.2, 0) is 18.9 Å². The van der Waals surface area contributed by atoms with Crippen LogP contribution in [0.3, 0.4) is 0 Å². The summed E-state index contributed by atoms with van der Waals surface area (Å²) in [4.78, 5) is 19.7. The maximum Gasteiger partial charge on any atom is 0.510 e. The first kappa shape index (κ1) is 15.0. The molecule has 0 amide bonds. The summed E-state index contributed by atoms with van der Waals surface area (Å²) in [5, 5.41) is 0. The van der Waals surface area contributed by atoms with E-state index in [1.54, 1.807) is 6.92 Å². The van der Waals surface area contributed by atoms with Crippen LogP contribution in [0.5, 0.6) is 0 Å². The minimum atomic E-state index is -1.13. The third kappa shape index (κ3) is 13.1. The highest BCUT2D eigenvalue weighted by molar-refractivity contribution is 5.59. The van der Waals surface area contributed by atoms with Crippen LogP contribution in [0.2, 0.25) is 0 Å². The van der Waals surface area contributed by atoms with Gasteiger partial charge in [0.15, 0.2) is 0 Å². The lowest BCUT2D eigenvalue weighted by Gasteiger charge is -1.94. The number of rotatable bonds is 2. The van der Waals surface area contributed by atoms with Gasteiger partial charge in [-0.15, -0.1) is 0 Å². The molecule has 6 nitrogen and oxygen atoms in total. The van der Waals surface area contributed by atoms with E-state index in [4.69, 9.17) is 0 Å². The Morgan fingerprint density at radius 3 is 1.64 bits per heavy atom. The van der Waals surface area contributed by atoms with Crippen LogP contribution in [0.4, 0.5) is 14.0 Å². The molecule has 7 heteroatoms. The monoisotopic (exact) mass is 212 g/mol. The number of hydrogen-bond acceptors (Lipinski definition) is 6. The molecule has 0 aliphatic carbocycles. The molecule has 0 spiro atoms.